The number of hydrogen-bond donors (Lipinski definition) is 0. The lowest BCUT2D eigenvalue weighted by Gasteiger charge is -2.08. The summed E-state index contributed by atoms with van der Waals surface area (Å²) in [4.78, 5) is 13.2. The SMILES string of the molecule is CCCCCCCCCSc1ccc(-c2ccc(C(=O)O[C@H](C)C#N)cc2)cc1. The second-order valence-electron chi connectivity index (χ2n) is 7.25. The van der Waals surface area contributed by atoms with E-state index in [9.17, 15) is 4.79 Å². The van der Waals surface area contributed by atoms with Gasteiger partial charge in [-0.05, 0) is 54.5 Å². The highest BCUT2D eigenvalue weighted by molar-refractivity contribution is 7.99. The van der Waals surface area contributed by atoms with Gasteiger partial charge < -0.3 is 4.74 Å². The van der Waals surface area contributed by atoms with Crippen molar-refractivity contribution in [3.8, 4) is 17.2 Å². The molecule has 2 aromatic carbocycles. The molecule has 0 aliphatic carbocycles. The third-order valence-electron chi connectivity index (χ3n) is 4.79. The van der Waals surface area contributed by atoms with Crippen LogP contribution in [0.3, 0.4) is 0 Å². The van der Waals surface area contributed by atoms with Gasteiger partial charge in [-0.3, -0.25) is 0 Å². The van der Waals surface area contributed by atoms with Crippen molar-refractivity contribution in [3.63, 3.8) is 0 Å². The first kappa shape index (κ1) is 23.0. The molecule has 0 unspecified atom stereocenters. The zero-order valence-electron chi connectivity index (χ0n) is 17.5. The predicted molar refractivity (Wildman–Crippen MR) is 121 cm³/mol. The number of nitrogens with zero attached hydrogens (tertiary/aromatic N) is 1. The molecule has 0 N–H and O–H groups in total. The van der Waals surface area contributed by atoms with E-state index in [0.717, 1.165) is 11.1 Å². The number of unbranched alkanes of at least 4 members (excludes halogenated alkanes) is 6. The van der Waals surface area contributed by atoms with E-state index in [0.29, 0.717) is 5.56 Å². The van der Waals surface area contributed by atoms with Crippen molar-refractivity contribution in [2.45, 2.75) is 69.8 Å². The Balaban J connectivity index is 1.78. The van der Waals surface area contributed by atoms with Crippen LogP contribution in [0.4, 0.5) is 0 Å². The van der Waals surface area contributed by atoms with Crippen LogP contribution in [0.15, 0.2) is 53.4 Å². The quantitative estimate of drug-likeness (QED) is 0.210. The summed E-state index contributed by atoms with van der Waals surface area (Å²) in [7, 11) is 0. The molecule has 0 aromatic heterocycles. The Hall–Kier alpha value is -2.25. The molecule has 154 valence electrons. The zero-order valence-corrected chi connectivity index (χ0v) is 18.3. The van der Waals surface area contributed by atoms with E-state index < -0.39 is 12.1 Å². The minimum absolute atomic E-state index is 0.456. The number of nitriles is 1. The normalized spacial score (nSPS) is 11.6. The molecular weight excluding hydrogens is 378 g/mol. The third-order valence-corrected chi connectivity index (χ3v) is 5.89. The first-order valence-corrected chi connectivity index (χ1v) is 11.6. The molecular formula is C25H31NO2S. The summed E-state index contributed by atoms with van der Waals surface area (Å²) in [5.74, 6) is 0.702. The van der Waals surface area contributed by atoms with Gasteiger partial charge in [0.15, 0.2) is 6.10 Å². The molecule has 0 spiro atoms. The average molecular weight is 410 g/mol. The van der Waals surface area contributed by atoms with Crippen molar-refractivity contribution >= 4 is 17.7 Å². The van der Waals surface area contributed by atoms with Gasteiger partial charge in [-0.15, -0.1) is 11.8 Å². The molecule has 0 aliphatic heterocycles. The van der Waals surface area contributed by atoms with Crippen molar-refractivity contribution in [1.29, 1.82) is 5.26 Å². The summed E-state index contributed by atoms with van der Waals surface area (Å²) in [5.41, 5.74) is 2.63. The minimum Gasteiger partial charge on any atom is -0.444 e. The van der Waals surface area contributed by atoms with Gasteiger partial charge in [0.1, 0.15) is 6.07 Å². The van der Waals surface area contributed by atoms with Crippen LogP contribution in [0.5, 0.6) is 0 Å². The van der Waals surface area contributed by atoms with Crippen molar-refractivity contribution < 1.29 is 9.53 Å². The van der Waals surface area contributed by atoms with Crippen LogP contribution < -0.4 is 0 Å². The van der Waals surface area contributed by atoms with Crippen molar-refractivity contribution in [1.82, 2.24) is 0 Å². The molecule has 2 aromatic rings. The van der Waals surface area contributed by atoms with Gasteiger partial charge in [0.05, 0.1) is 5.56 Å². The van der Waals surface area contributed by atoms with Crippen LogP contribution in [0.2, 0.25) is 0 Å². The van der Waals surface area contributed by atoms with Gasteiger partial charge in [-0.1, -0.05) is 69.7 Å². The van der Waals surface area contributed by atoms with Gasteiger partial charge in [0.25, 0.3) is 0 Å². The summed E-state index contributed by atoms with van der Waals surface area (Å²) >= 11 is 1.92. The van der Waals surface area contributed by atoms with Crippen LogP contribution in [-0.4, -0.2) is 17.8 Å². The Kier molecular flexibility index (Phi) is 10.4. The zero-order chi connectivity index (χ0) is 20.9. The molecule has 0 fully saturated rings. The van der Waals surface area contributed by atoms with Crippen LogP contribution in [0, 0.1) is 11.3 Å². The summed E-state index contributed by atoms with van der Waals surface area (Å²) in [6, 6.07) is 17.8. The van der Waals surface area contributed by atoms with E-state index in [1.54, 1.807) is 19.1 Å². The number of benzene rings is 2. The molecule has 0 amide bonds. The monoisotopic (exact) mass is 409 g/mol. The number of carbonyl (C=O) groups excluding carboxylic acids is 1. The minimum atomic E-state index is -0.742. The molecule has 0 saturated heterocycles. The largest absolute Gasteiger partial charge is 0.444 e. The molecule has 2 rings (SSSR count). The van der Waals surface area contributed by atoms with E-state index in [1.807, 2.05) is 30.0 Å². The number of carbonyl (C=O) groups is 1. The topological polar surface area (TPSA) is 50.1 Å². The number of thioether (sulfide) groups is 1. The Labute approximate surface area is 179 Å². The Morgan fingerprint density at radius 1 is 0.931 bits per heavy atom. The van der Waals surface area contributed by atoms with Gasteiger partial charge in [0, 0.05) is 4.90 Å². The molecule has 3 nitrogen and oxygen atoms in total. The van der Waals surface area contributed by atoms with E-state index in [2.05, 4.69) is 31.2 Å². The summed E-state index contributed by atoms with van der Waals surface area (Å²) in [5, 5.41) is 8.74. The van der Waals surface area contributed by atoms with Gasteiger partial charge in [-0.2, -0.15) is 5.26 Å². The number of rotatable bonds is 12. The van der Waals surface area contributed by atoms with Gasteiger partial charge in [-0.25, -0.2) is 4.79 Å². The van der Waals surface area contributed by atoms with E-state index in [-0.39, 0.29) is 0 Å². The Morgan fingerprint density at radius 2 is 1.48 bits per heavy atom. The molecule has 0 saturated carbocycles. The van der Waals surface area contributed by atoms with Crippen molar-refractivity contribution in [2.75, 3.05) is 5.75 Å². The summed E-state index contributed by atoms with van der Waals surface area (Å²) in [6.07, 6.45) is 8.66. The molecule has 0 aliphatic rings. The second kappa shape index (κ2) is 13.1. The maximum atomic E-state index is 11.9. The highest BCUT2D eigenvalue weighted by Gasteiger charge is 2.11. The fourth-order valence-electron chi connectivity index (χ4n) is 3.05. The van der Waals surface area contributed by atoms with E-state index in [1.165, 1.54) is 55.6 Å². The standard InChI is InChI=1S/C25H31NO2S/c1-3-4-5-6-7-8-9-18-29-24-16-14-22(15-17-24)21-10-12-23(13-11-21)25(27)28-20(2)19-26/h10-17,20H,3-9,18H2,1-2H3/t20-/m1/s1. The van der Waals surface area contributed by atoms with Gasteiger partial charge in [0.2, 0.25) is 0 Å². The smallest absolute Gasteiger partial charge is 0.339 e. The second-order valence-corrected chi connectivity index (χ2v) is 8.42. The molecule has 0 radical (unpaired) electrons. The number of esters is 1. The highest BCUT2D eigenvalue weighted by Crippen LogP contribution is 2.25. The van der Waals surface area contributed by atoms with Crippen LogP contribution >= 0.6 is 11.8 Å². The van der Waals surface area contributed by atoms with Gasteiger partial charge >= 0.3 is 5.97 Å². The Bertz CT molecular complexity index is 778. The molecule has 0 heterocycles. The molecule has 29 heavy (non-hydrogen) atoms. The lowest BCUT2D eigenvalue weighted by molar-refractivity contribution is 0.0435. The molecule has 1 atom stereocenters. The first-order valence-electron chi connectivity index (χ1n) is 10.6. The first-order chi connectivity index (χ1) is 14.1. The summed E-state index contributed by atoms with van der Waals surface area (Å²) < 4.78 is 5.02. The predicted octanol–water partition coefficient (Wildman–Crippen LogP) is 7.27. The lowest BCUT2D eigenvalue weighted by Crippen LogP contribution is -2.12. The maximum Gasteiger partial charge on any atom is 0.339 e. The van der Waals surface area contributed by atoms with E-state index in [4.69, 9.17) is 10.00 Å². The van der Waals surface area contributed by atoms with Crippen molar-refractivity contribution in [3.05, 3.63) is 54.1 Å². The van der Waals surface area contributed by atoms with E-state index >= 15 is 0 Å². The van der Waals surface area contributed by atoms with Crippen LogP contribution in [0.1, 0.15) is 69.2 Å². The maximum absolute atomic E-state index is 11.9. The fourth-order valence-corrected chi connectivity index (χ4v) is 3.96. The fraction of sp³-hybridized carbons (Fsp3) is 0.440. The number of ether oxygens (including phenoxy) is 1. The van der Waals surface area contributed by atoms with Crippen molar-refractivity contribution in [2.24, 2.45) is 0 Å². The van der Waals surface area contributed by atoms with Crippen LogP contribution in [-0.2, 0) is 4.74 Å². The Morgan fingerprint density at radius 3 is 2.07 bits per heavy atom. The third kappa shape index (κ3) is 8.33. The number of hydrogen-bond acceptors (Lipinski definition) is 4. The molecule has 0 bridgehead atoms. The lowest BCUT2D eigenvalue weighted by atomic mass is 10.0. The summed E-state index contributed by atoms with van der Waals surface area (Å²) in [6.45, 7) is 3.81. The average Bonchev–Trinajstić information content (AvgIpc) is 2.76. The van der Waals surface area contributed by atoms with Crippen LogP contribution in [0.25, 0.3) is 11.1 Å². The molecule has 4 heteroatoms. The highest BCUT2D eigenvalue weighted by atomic mass is 32.2.